The van der Waals surface area contributed by atoms with Crippen molar-refractivity contribution in [2.75, 3.05) is 0 Å². The molecule has 0 fully saturated rings. The Kier molecular flexibility index (Phi) is 2.83. The molecule has 19 heavy (non-hydrogen) atoms. The molecular weight excluding hydrogens is 242 g/mol. The maximum absolute atomic E-state index is 11.2. The molecule has 0 radical (unpaired) electrons. The Balaban J connectivity index is 2.00. The van der Waals surface area contributed by atoms with Gasteiger partial charge in [-0.25, -0.2) is 4.98 Å². The average molecular weight is 257 g/mol. The second kappa shape index (κ2) is 4.51. The third-order valence-electron chi connectivity index (χ3n) is 3.51. The third-order valence-corrected chi connectivity index (χ3v) is 3.51. The van der Waals surface area contributed by atoms with E-state index in [4.69, 9.17) is 0 Å². The Morgan fingerprint density at radius 2 is 2.11 bits per heavy atom. The van der Waals surface area contributed by atoms with Crippen LogP contribution < -0.4 is 5.32 Å². The molecule has 2 aromatic rings. The predicted octanol–water partition coefficient (Wildman–Crippen LogP) is 1.41. The second-order valence-electron chi connectivity index (χ2n) is 4.87. The number of rotatable bonds is 2. The highest BCUT2D eigenvalue weighted by Crippen LogP contribution is 2.28. The molecule has 0 saturated carbocycles. The minimum atomic E-state index is -0.836. The molecule has 3 rings (SSSR count). The lowest BCUT2D eigenvalue weighted by Gasteiger charge is -2.28. The molecule has 1 aliphatic heterocycles. The maximum atomic E-state index is 11.2. The monoisotopic (exact) mass is 257 g/mol. The average Bonchev–Trinajstić information content (AvgIpc) is 2.86. The van der Waals surface area contributed by atoms with E-state index in [1.54, 1.807) is 6.33 Å². The van der Waals surface area contributed by atoms with Crippen LogP contribution >= 0.6 is 0 Å². The van der Waals surface area contributed by atoms with E-state index in [-0.39, 0.29) is 6.04 Å². The van der Waals surface area contributed by atoms with E-state index in [0.717, 1.165) is 17.0 Å². The summed E-state index contributed by atoms with van der Waals surface area (Å²) in [7, 11) is 0. The number of hydrogen-bond donors (Lipinski definition) is 3. The van der Waals surface area contributed by atoms with Crippen molar-refractivity contribution >= 4 is 5.97 Å². The van der Waals surface area contributed by atoms with Gasteiger partial charge in [-0.05, 0) is 12.5 Å². The van der Waals surface area contributed by atoms with Crippen LogP contribution in [0.2, 0.25) is 0 Å². The number of aliphatic carboxylic acids is 1. The van der Waals surface area contributed by atoms with Crippen LogP contribution in [-0.2, 0) is 11.2 Å². The standard InChI is InChI=1S/C14H15N3O2/c1-8-2-4-9(5-3-8)12-13-10(15-7-16-13)6-11(17-12)14(18)19/h2-5,7,11-12,17H,6H2,1H3,(H,15,16)(H,18,19)/t11-,12+/m1/s1. The number of aromatic amines is 1. The number of benzene rings is 1. The number of carbonyl (C=O) groups is 1. The van der Waals surface area contributed by atoms with Crippen LogP contribution in [0.5, 0.6) is 0 Å². The number of fused-ring (bicyclic) bond motifs is 1. The van der Waals surface area contributed by atoms with Gasteiger partial charge in [0.2, 0.25) is 0 Å². The summed E-state index contributed by atoms with van der Waals surface area (Å²) in [5.74, 6) is -0.836. The first-order valence-corrected chi connectivity index (χ1v) is 6.22. The molecule has 5 nitrogen and oxygen atoms in total. The van der Waals surface area contributed by atoms with Gasteiger partial charge >= 0.3 is 5.97 Å². The van der Waals surface area contributed by atoms with Crippen LogP contribution in [0.1, 0.15) is 28.6 Å². The normalized spacial score (nSPS) is 21.9. The number of aromatic nitrogens is 2. The summed E-state index contributed by atoms with van der Waals surface area (Å²) in [4.78, 5) is 18.6. The van der Waals surface area contributed by atoms with E-state index < -0.39 is 12.0 Å². The molecule has 0 saturated heterocycles. The fourth-order valence-electron chi connectivity index (χ4n) is 2.46. The van der Waals surface area contributed by atoms with E-state index in [1.807, 2.05) is 31.2 Å². The molecule has 1 aromatic heterocycles. The van der Waals surface area contributed by atoms with Gasteiger partial charge in [0.1, 0.15) is 6.04 Å². The molecule has 0 unspecified atom stereocenters. The minimum absolute atomic E-state index is 0.170. The fourth-order valence-corrected chi connectivity index (χ4v) is 2.46. The zero-order chi connectivity index (χ0) is 13.4. The Bertz CT molecular complexity index is 603. The molecule has 1 aliphatic rings. The van der Waals surface area contributed by atoms with E-state index >= 15 is 0 Å². The molecule has 0 amide bonds. The van der Waals surface area contributed by atoms with Crippen molar-refractivity contribution in [3.05, 3.63) is 53.1 Å². The molecule has 0 aliphatic carbocycles. The van der Waals surface area contributed by atoms with Crippen molar-refractivity contribution in [2.24, 2.45) is 0 Å². The summed E-state index contributed by atoms with van der Waals surface area (Å²) in [5, 5.41) is 12.4. The van der Waals surface area contributed by atoms with Gasteiger partial charge in [0, 0.05) is 12.1 Å². The molecule has 1 aromatic carbocycles. The van der Waals surface area contributed by atoms with E-state index in [0.29, 0.717) is 6.42 Å². The van der Waals surface area contributed by atoms with Gasteiger partial charge in [-0.15, -0.1) is 0 Å². The van der Waals surface area contributed by atoms with Crippen molar-refractivity contribution in [2.45, 2.75) is 25.4 Å². The van der Waals surface area contributed by atoms with Crippen molar-refractivity contribution in [1.82, 2.24) is 15.3 Å². The molecule has 5 heteroatoms. The maximum Gasteiger partial charge on any atom is 0.321 e. The summed E-state index contributed by atoms with van der Waals surface area (Å²) in [6.07, 6.45) is 2.06. The SMILES string of the molecule is Cc1ccc([C@@H]2N[C@@H](C(=O)O)Cc3[nH]cnc32)cc1. The Hall–Kier alpha value is -2.14. The lowest BCUT2D eigenvalue weighted by molar-refractivity contribution is -0.139. The van der Waals surface area contributed by atoms with Crippen LogP contribution in [-0.4, -0.2) is 27.1 Å². The fraction of sp³-hybridized carbons (Fsp3) is 0.286. The van der Waals surface area contributed by atoms with Crippen molar-refractivity contribution in [1.29, 1.82) is 0 Å². The smallest absolute Gasteiger partial charge is 0.321 e. The van der Waals surface area contributed by atoms with Crippen LogP contribution in [0, 0.1) is 6.92 Å². The van der Waals surface area contributed by atoms with E-state index in [9.17, 15) is 9.90 Å². The second-order valence-corrected chi connectivity index (χ2v) is 4.87. The molecule has 0 spiro atoms. The topological polar surface area (TPSA) is 78.0 Å². The van der Waals surface area contributed by atoms with Gasteiger partial charge in [-0.2, -0.15) is 0 Å². The van der Waals surface area contributed by atoms with Crippen molar-refractivity contribution < 1.29 is 9.90 Å². The van der Waals surface area contributed by atoms with Gasteiger partial charge in [-0.3, -0.25) is 10.1 Å². The van der Waals surface area contributed by atoms with Crippen LogP contribution in [0.3, 0.4) is 0 Å². The molecule has 2 atom stereocenters. The molecule has 98 valence electrons. The highest BCUT2D eigenvalue weighted by molar-refractivity contribution is 5.74. The number of carboxylic acids is 1. The van der Waals surface area contributed by atoms with Crippen LogP contribution in [0.15, 0.2) is 30.6 Å². The lowest BCUT2D eigenvalue weighted by Crippen LogP contribution is -2.45. The van der Waals surface area contributed by atoms with Gasteiger partial charge < -0.3 is 10.1 Å². The van der Waals surface area contributed by atoms with Gasteiger partial charge in [-0.1, -0.05) is 29.8 Å². The zero-order valence-electron chi connectivity index (χ0n) is 10.6. The summed E-state index contributed by atoms with van der Waals surface area (Å²) in [6, 6.07) is 7.31. The number of nitrogens with one attached hydrogen (secondary N) is 2. The van der Waals surface area contributed by atoms with E-state index in [1.165, 1.54) is 5.56 Å². The summed E-state index contributed by atoms with van der Waals surface area (Å²) in [6.45, 7) is 2.03. The Labute approximate surface area is 110 Å². The summed E-state index contributed by atoms with van der Waals surface area (Å²) < 4.78 is 0. The summed E-state index contributed by atoms with van der Waals surface area (Å²) in [5.41, 5.74) is 4.00. The first-order valence-electron chi connectivity index (χ1n) is 6.22. The quantitative estimate of drug-likeness (QED) is 0.760. The van der Waals surface area contributed by atoms with Crippen molar-refractivity contribution in [3.8, 4) is 0 Å². The van der Waals surface area contributed by atoms with Gasteiger partial charge in [0.15, 0.2) is 0 Å². The number of aryl methyl sites for hydroxylation is 1. The van der Waals surface area contributed by atoms with E-state index in [2.05, 4.69) is 15.3 Å². The number of H-pyrrole nitrogens is 1. The molecule has 3 N–H and O–H groups in total. The van der Waals surface area contributed by atoms with Crippen LogP contribution in [0.25, 0.3) is 0 Å². The lowest BCUT2D eigenvalue weighted by atomic mass is 9.93. The first kappa shape index (κ1) is 11.9. The third kappa shape index (κ3) is 2.13. The Morgan fingerprint density at radius 1 is 1.37 bits per heavy atom. The zero-order valence-corrected chi connectivity index (χ0v) is 10.6. The predicted molar refractivity (Wildman–Crippen MR) is 69.9 cm³/mol. The number of carboxylic acid groups (broad SMARTS) is 1. The highest BCUT2D eigenvalue weighted by atomic mass is 16.4. The minimum Gasteiger partial charge on any atom is -0.480 e. The van der Waals surface area contributed by atoms with Gasteiger partial charge in [0.05, 0.1) is 18.1 Å². The highest BCUT2D eigenvalue weighted by Gasteiger charge is 2.32. The number of hydrogen-bond acceptors (Lipinski definition) is 3. The first-order chi connectivity index (χ1) is 9.15. The number of imidazole rings is 1. The number of nitrogens with zero attached hydrogens (tertiary/aromatic N) is 1. The Morgan fingerprint density at radius 3 is 2.79 bits per heavy atom. The largest absolute Gasteiger partial charge is 0.480 e. The van der Waals surface area contributed by atoms with Crippen LogP contribution in [0.4, 0.5) is 0 Å². The summed E-state index contributed by atoms with van der Waals surface area (Å²) >= 11 is 0. The van der Waals surface area contributed by atoms with Crippen molar-refractivity contribution in [3.63, 3.8) is 0 Å². The van der Waals surface area contributed by atoms with Gasteiger partial charge in [0.25, 0.3) is 0 Å². The molecule has 2 heterocycles. The molecule has 0 bridgehead atoms. The molecular formula is C14H15N3O2.